The lowest BCUT2D eigenvalue weighted by Crippen LogP contribution is -2.59. The molecule has 1 unspecified atom stereocenters. The Balaban J connectivity index is 1.46. The van der Waals surface area contributed by atoms with Crippen LogP contribution in [0, 0.1) is 0 Å². The van der Waals surface area contributed by atoms with Crippen LogP contribution in [0.15, 0.2) is 48.8 Å². The quantitative estimate of drug-likeness (QED) is 0.829. The van der Waals surface area contributed by atoms with Crippen LogP contribution in [-0.2, 0) is 11.3 Å². The largest absolute Gasteiger partial charge is 0.488 e. The molecule has 7 nitrogen and oxygen atoms in total. The number of aromatic nitrogens is 1. The molecule has 2 saturated heterocycles. The third-order valence-electron chi connectivity index (χ3n) is 4.94. The maximum absolute atomic E-state index is 13.1. The first-order valence-electron chi connectivity index (χ1n) is 9.06. The molecule has 1 aromatic heterocycles. The average molecular weight is 367 g/mol. The molecule has 4 rings (SSSR count). The van der Waals surface area contributed by atoms with Gasteiger partial charge in [-0.25, -0.2) is 4.79 Å². The highest BCUT2D eigenvalue weighted by molar-refractivity contribution is 5.97. The van der Waals surface area contributed by atoms with Crippen LogP contribution in [-0.4, -0.2) is 59.1 Å². The van der Waals surface area contributed by atoms with Gasteiger partial charge in [-0.05, 0) is 29.8 Å². The molecule has 2 aromatic rings. The molecule has 7 heteroatoms. The van der Waals surface area contributed by atoms with Gasteiger partial charge in [-0.2, -0.15) is 0 Å². The summed E-state index contributed by atoms with van der Waals surface area (Å²) in [6, 6.07) is 11.1. The minimum atomic E-state index is -0.278. The van der Waals surface area contributed by atoms with Crippen LogP contribution in [0.3, 0.4) is 0 Å². The van der Waals surface area contributed by atoms with Gasteiger partial charge in [0.1, 0.15) is 12.4 Å². The van der Waals surface area contributed by atoms with Gasteiger partial charge in [-0.1, -0.05) is 12.1 Å². The number of pyridine rings is 1. The molecule has 2 aliphatic rings. The molecule has 0 radical (unpaired) electrons. The summed E-state index contributed by atoms with van der Waals surface area (Å²) in [7, 11) is 0. The summed E-state index contributed by atoms with van der Waals surface area (Å²) in [6.45, 7) is 2.29. The van der Waals surface area contributed by atoms with E-state index in [0.717, 1.165) is 12.0 Å². The van der Waals surface area contributed by atoms with Crippen LogP contribution >= 0.6 is 0 Å². The van der Waals surface area contributed by atoms with Crippen molar-refractivity contribution >= 4 is 12.0 Å². The van der Waals surface area contributed by atoms with Gasteiger partial charge in [0.15, 0.2) is 0 Å². The minimum absolute atomic E-state index is 0.0221. The van der Waals surface area contributed by atoms with Crippen molar-refractivity contribution in [1.29, 1.82) is 0 Å². The number of rotatable bonds is 4. The van der Waals surface area contributed by atoms with Gasteiger partial charge >= 0.3 is 6.09 Å². The van der Waals surface area contributed by atoms with E-state index in [2.05, 4.69) is 4.98 Å². The van der Waals surface area contributed by atoms with E-state index in [1.165, 1.54) is 0 Å². The normalized spacial score (nSPS) is 19.3. The Morgan fingerprint density at radius 3 is 2.85 bits per heavy atom. The molecule has 2 aliphatic heterocycles. The van der Waals surface area contributed by atoms with Crippen LogP contribution in [0.4, 0.5) is 4.79 Å². The van der Waals surface area contributed by atoms with E-state index in [1.54, 1.807) is 28.3 Å². The van der Waals surface area contributed by atoms with Gasteiger partial charge in [-0.3, -0.25) is 9.78 Å². The Bertz CT molecular complexity index is 827. The number of hydrogen-bond donors (Lipinski definition) is 0. The number of benzene rings is 1. The van der Waals surface area contributed by atoms with Crippen LogP contribution < -0.4 is 4.74 Å². The zero-order valence-electron chi connectivity index (χ0n) is 14.9. The molecule has 0 spiro atoms. The second-order valence-corrected chi connectivity index (χ2v) is 6.64. The molecule has 1 atom stereocenters. The predicted molar refractivity (Wildman–Crippen MR) is 97.4 cm³/mol. The second-order valence-electron chi connectivity index (χ2n) is 6.64. The summed E-state index contributed by atoms with van der Waals surface area (Å²) in [5.41, 5.74) is 1.53. The van der Waals surface area contributed by atoms with Crippen LogP contribution in [0.1, 0.15) is 22.3 Å². The Kier molecular flexibility index (Phi) is 4.91. The second kappa shape index (κ2) is 7.65. The minimum Gasteiger partial charge on any atom is -0.488 e. The van der Waals surface area contributed by atoms with Crippen molar-refractivity contribution in [3.63, 3.8) is 0 Å². The number of para-hydroxylation sites is 1. The van der Waals surface area contributed by atoms with E-state index in [9.17, 15) is 9.59 Å². The molecule has 1 aromatic carbocycles. The number of cyclic esters (lactones) is 1. The van der Waals surface area contributed by atoms with Gasteiger partial charge in [0.05, 0.1) is 18.2 Å². The SMILES string of the molecule is O=C(c1ccccc1OCc1ccncc1)N1CCN2C(=O)OCCC2C1. The topological polar surface area (TPSA) is 72.0 Å². The van der Waals surface area contributed by atoms with Crippen molar-refractivity contribution < 1.29 is 19.1 Å². The lowest BCUT2D eigenvalue weighted by atomic mass is 10.1. The number of carbonyl (C=O) groups is 2. The highest BCUT2D eigenvalue weighted by atomic mass is 16.6. The number of nitrogens with zero attached hydrogens (tertiary/aromatic N) is 3. The standard InChI is InChI=1S/C20H21N3O4/c24-19(22-10-11-23-16(13-22)7-12-26-20(23)25)17-3-1-2-4-18(17)27-14-15-5-8-21-9-6-15/h1-6,8-9,16H,7,10-14H2. The maximum atomic E-state index is 13.1. The Morgan fingerprint density at radius 1 is 1.19 bits per heavy atom. The third kappa shape index (κ3) is 3.72. The first-order chi connectivity index (χ1) is 13.2. The van der Waals surface area contributed by atoms with E-state index < -0.39 is 0 Å². The third-order valence-corrected chi connectivity index (χ3v) is 4.94. The number of carbonyl (C=O) groups excluding carboxylic acids is 2. The summed E-state index contributed by atoms with van der Waals surface area (Å²) < 4.78 is 11.0. The summed E-state index contributed by atoms with van der Waals surface area (Å²) in [5, 5.41) is 0. The molecule has 0 aliphatic carbocycles. The predicted octanol–water partition coefficient (Wildman–Crippen LogP) is 2.33. The fourth-order valence-electron chi connectivity index (χ4n) is 3.47. The van der Waals surface area contributed by atoms with Gasteiger partial charge in [0, 0.05) is 38.4 Å². The van der Waals surface area contributed by atoms with Crippen molar-refractivity contribution in [2.75, 3.05) is 26.2 Å². The fourth-order valence-corrected chi connectivity index (χ4v) is 3.47. The Labute approximate surface area is 157 Å². The van der Waals surface area contributed by atoms with Gasteiger partial charge < -0.3 is 19.3 Å². The molecule has 0 N–H and O–H groups in total. The average Bonchev–Trinajstić information content (AvgIpc) is 2.72. The molecule has 27 heavy (non-hydrogen) atoms. The smallest absolute Gasteiger partial charge is 0.410 e. The Morgan fingerprint density at radius 2 is 2.00 bits per heavy atom. The Hall–Kier alpha value is -3.09. The van der Waals surface area contributed by atoms with Gasteiger partial charge in [0.2, 0.25) is 0 Å². The lowest BCUT2D eigenvalue weighted by Gasteiger charge is -2.43. The number of amides is 2. The first-order valence-corrected chi connectivity index (χ1v) is 9.06. The van der Waals surface area contributed by atoms with Crippen molar-refractivity contribution in [3.8, 4) is 5.75 Å². The lowest BCUT2D eigenvalue weighted by molar-refractivity contribution is 0.00691. The van der Waals surface area contributed by atoms with Gasteiger partial charge in [-0.15, -0.1) is 0 Å². The molecule has 2 fully saturated rings. The molecule has 3 heterocycles. The number of hydrogen-bond acceptors (Lipinski definition) is 5. The van der Waals surface area contributed by atoms with Crippen molar-refractivity contribution in [2.24, 2.45) is 0 Å². The highest BCUT2D eigenvalue weighted by Gasteiger charge is 2.36. The molecule has 2 amide bonds. The van der Waals surface area contributed by atoms with Gasteiger partial charge in [0.25, 0.3) is 5.91 Å². The summed E-state index contributed by atoms with van der Waals surface area (Å²) >= 11 is 0. The molecule has 0 bridgehead atoms. The van der Waals surface area contributed by atoms with E-state index >= 15 is 0 Å². The molecule has 140 valence electrons. The van der Waals surface area contributed by atoms with Crippen LogP contribution in [0.25, 0.3) is 0 Å². The highest BCUT2D eigenvalue weighted by Crippen LogP contribution is 2.24. The number of piperazine rings is 1. The molecular weight excluding hydrogens is 346 g/mol. The van der Waals surface area contributed by atoms with E-state index in [4.69, 9.17) is 9.47 Å². The first kappa shape index (κ1) is 17.3. The van der Waals surface area contributed by atoms with E-state index in [1.807, 2.05) is 30.3 Å². The number of fused-ring (bicyclic) bond motifs is 1. The van der Waals surface area contributed by atoms with Crippen LogP contribution in [0.2, 0.25) is 0 Å². The van der Waals surface area contributed by atoms with Crippen molar-refractivity contribution in [1.82, 2.24) is 14.8 Å². The van der Waals surface area contributed by atoms with Crippen molar-refractivity contribution in [3.05, 3.63) is 59.9 Å². The van der Waals surface area contributed by atoms with Crippen molar-refractivity contribution in [2.45, 2.75) is 19.1 Å². The molecule has 0 saturated carbocycles. The fraction of sp³-hybridized carbons (Fsp3) is 0.350. The summed E-state index contributed by atoms with van der Waals surface area (Å²) in [5.74, 6) is 0.490. The number of ether oxygens (including phenoxy) is 2. The summed E-state index contributed by atoms with van der Waals surface area (Å²) in [6.07, 6.45) is 3.89. The monoisotopic (exact) mass is 367 g/mol. The zero-order chi connectivity index (χ0) is 18.6. The van der Waals surface area contributed by atoms with E-state index in [0.29, 0.717) is 44.2 Å². The maximum Gasteiger partial charge on any atom is 0.410 e. The molecular formula is C20H21N3O4. The van der Waals surface area contributed by atoms with E-state index in [-0.39, 0.29) is 18.0 Å². The zero-order valence-corrected chi connectivity index (χ0v) is 14.9. The summed E-state index contributed by atoms with van der Waals surface area (Å²) in [4.78, 5) is 32.4. The van der Waals surface area contributed by atoms with Crippen LogP contribution in [0.5, 0.6) is 5.75 Å².